The van der Waals surface area contributed by atoms with Crippen LogP contribution < -0.4 is 10.5 Å². The van der Waals surface area contributed by atoms with E-state index < -0.39 is 0 Å². The Kier molecular flexibility index (Phi) is 4.22. The summed E-state index contributed by atoms with van der Waals surface area (Å²) in [5.74, 6) is 0.605. The molecule has 3 nitrogen and oxygen atoms in total. The van der Waals surface area contributed by atoms with Crippen molar-refractivity contribution in [2.75, 3.05) is 12.8 Å². The summed E-state index contributed by atoms with van der Waals surface area (Å²) < 4.78 is 6.04. The van der Waals surface area contributed by atoms with Gasteiger partial charge in [0, 0.05) is 22.1 Å². The highest BCUT2D eigenvalue weighted by atomic mass is 79.9. The van der Waals surface area contributed by atoms with E-state index in [-0.39, 0.29) is 5.78 Å². The fourth-order valence-corrected chi connectivity index (χ4v) is 2.24. The van der Waals surface area contributed by atoms with E-state index in [4.69, 9.17) is 10.5 Å². The van der Waals surface area contributed by atoms with E-state index in [1.165, 1.54) is 0 Å². The van der Waals surface area contributed by atoms with E-state index in [0.29, 0.717) is 23.4 Å². The number of ether oxygens (including phenoxy) is 1. The number of hydrogen-bond acceptors (Lipinski definition) is 3. The fraction of sp³-hybridized carbons (Fsp3) is 0.133. The van der Waals surface area contributed by atoms with Gasteiger partial charge in [0.1, 0.15) is 5.75 Å². The van der Waals surface area contributed by atoms with Gasteiger partial charge < -0.3 is 10.5 Å². The van der Waals surface area contributed by atoms with Crippen molar-refractivity contribution in [1.82, 2.24) is 0 Å². The number of ketones is 1. The first-order valence-corrected chi connectivity index (χ1v) is 6.61. The molecule has 0 aromatic heterocycles. The number of carbonyl (C=O) groups excluding carboxylic acids is 1. The molecule has 0 heterocycles. The Bertz CT molecular complexity index is 611. The first kappa shape index (κ1) is 13.6. The summed E-state index contributed by atoms with van der Waals surface area (Å²) >= 11 is 3.44. The molecule has 0 saturated carbocycles. The topological polar surface area (TPSA) is 52.3 Å². The number of rotatable bonds is 4. The molecule has 0 amide bonds. The molecule has 19 heavy (non-hydrogen) atoms. The number of nitrogens with two attached hydrogens (primary N) is 1. The normalized spacial score (nSPS) is 10.2. The molecule has 0 fully saturated rings. The van der Waals surface area contributed by atoms with E-state index in [1.54, 1.807) is 25.3 Å². The summed E-state index contributed by atoms with van der Waals surface area (Å²) in [6.45, 7) is 0. The van der Waals surface area contributed by atoms with Crippen LogP contribution in [-0.2, 0) is 6.42 Å². The smallest absolute Gasteiger partial charge is 0.169 e. The Morgan fingerprint density at radius 2 is 2.00 bits per heavy atom. The van der Waals surface area contributed by atoms with E-state index >= 15 is 0 Å². The number of hydrogen-bond donors (Lipinski definition) is 1. The van der Waals surface area contributed by atoms with Gasteiger partial charge in [-0.2, -0.15) is 0 Å². The highest BCUT2D eigenvalue weighted by Crippen LogP contribution is 2.23. The van der Waals surface area contributed by atoms with Crippen molar-refractivity contribution in [3.05, 3.63) is 58.1 Å². The Morgan fingerprint density at radius 1 is 1.26 bits per heavy atom. The molecule has 0 aliphatic heterocycles. The van der Waals surface area contributed by atoms with Crippen molar-refractivity contribution in [1.29, 1.82) is 0 Å². The molecule has 0 saturated heterocycles. The van der Waals surface area contributed by atoms with Crippen LogP contribution in [0.5, 0.6) is 5.75 Å². The molecule has 0 aliphatic carbocycles. The van der Waals surface area contributed by atoms with Crippen molar-refractivity contribution in [2.45, 2.75) is 6.42 Å². The van der Waals surface area contributed by atoms with Gasteiger partial charge in [-0.15, -0.1) is 0 Å². The summed E-state index contributed by atoms with van der Waals surface area (Å²) in [5.41, 5.74) is 7.75. The molecule has 2 N–H and O–H groups in total. The second-order valence-electron chi connectivity index (χ2n) is 4.14. The average Bonchev–Trinajstić information content (AvgIpc) is 2.42. The van der Waals surface area contributed by atoms with Crippen LogP contribution in [0.3, 0.4) is 0 Å². The van der Waals surface area contributed by atoms with E-state index in [0.717, 1.165) is 10.0 Å². The zero-order valence-electron chi connectivity index (χ0n) is 10.5. The largest absolute Gasteiger partial charge is 0.497 e. The third kappa shape index (κ3) is 3.15. The lowest BCUT2D eigenvalue weighted by Crippen LogP contribution is -2.07. The van der Waals surface area contributed by atoms with Crippen molar-refractivity contribution < 1.29 is 9.53 Å². The molecular formula is C15H14BrNO2. The predicted molar refractivity (Wildman–Crippen MR) is 79.6 cm³/mol. The lowest BCUT2D eigenvalue weighted by Gasteiger charge is -2.08. The number of methoxy groups -OCH3 is 1. The van der Waals surface area contributed by atoms with Crippen LogP contribution in [0.15, 0.2) is 46.9 Å². The van der Waals surface area contributed by atoms with Gasteiger partial charge in [0.15, 0.2) is 5.78 Å². The van der Waals surface area contributed by atoms with Crippen LogP contribution in [0.2, 0.25) is 0 Å². The van der Waals surface area contributed by atoms with Crippen LogP contribution in [0, 0.1) is 0 Å². The molecule has 0 bridgehead atoms. The Hall–Kier alpha value is -1.81. The average molecular weight is 320 g/mol. The monoisotopic (exact) mass is 319 g/mol. The summed E-state index contributed by atoms with van der Waals surface area (Å²) in [4.78, 5) is 12.3. The number of halogens is 1. The molecule has 2 rings (SSSR count). The third-order valence-corrected chi connectivity index (χ3v) is 3.64. The number of benzene rings is 2. The number of nitrogen functional groups attached to an aromatic ring is 1. The summed E-state index contributed by atoms with van der Waals surface area (Å²) in [7, 11) is 1.56. The van der Waals surface area contributed by atoms with Crippen LogP contribution in [0.1, 0.15) is 15.9 Å². The molecule has 4 heteroatoms. The molecule has 2 aromatic rings. The minimum absolute atomic E-state index is 0.0247. The quantitative estimate of drug-likeness (QED) is 0.693. The minimum atomic E-state index is -0.0247. The number of Topliss-reactive ketones (excluding diaryl/α,β-unsaturated/α-hetero) is 1. The van der Waals surface area contributed by atoms with Crippen molar-refractivity contribution in [3.8, 4) is 5.75 Å². The van der Waals surface area contributed by atoms with Gasteiger partial charge in [-0.1, -0.05) is 34.1 Å². The van der Waals surface area contributed by atoms with Gasteiger partial charge in [0.25, 0.3) is 0 Å². The summed E-state index contributed by atoms with van der Waals surface area (Å²) in [6, 6.07) is 12.8. The molecule has 0 unspecified atom stereocenters. The molecule has 0 spiro atoms. The Morgan fingerprint density at radius 3 is 2.68 bits per heavy atom. The second kappa shape index (κ2) is 5.89. The fourth-order valence-electron chi connectivity index (χ4n) is 1.81. The van der Waals surface area contributed by atoms with Crippen molar-refractivity contribution >= 4 is 27.4 Å². The lowest BCUT2D eigenvalue weighted by molar-refractivity contribution is 0.0993. The summed E-state index contributed by atoms with van der Waals surface area (Å²) in [6.07, 6.45) is 0.304. The van der Waals surface area contributed by atoms with Gasteiger partial charge in [0.2, 0.25) is 0 Å². The van der Waals surface area contributed by atoms with Crippen LogP contribution in [0.25, 0.3) is 0 Å². The van der Waals surface area contributed by atoms with Gasteiger partial charge in [0.05, 0.1) is 7.11 Å². The zero-order valence-corrected chi connectivity index (χ0v) is 12.1. The molecule has 0 radical (unpaired) electrons. The van der Waals surface area contributed by atoms with E-state index in [2.05, 4.69) is 15.9 Å². The molecule has 0 atom stereocenters. The summed E-state index contributed by atoms with van der Waals surface area (Å²) in [5, 5.41) is 0. The molecule has 0 aliphatic rings. The first-order valence-electron chi connectivity index (χ1n) is 5.82. The molecular weight excluding hydrogens is 306 g/mol. The standard InChI is InChI=1S/C15H14BrNO2/c1-19-11-6-7-14(17)12(9-11)15(18)8-10-4-2-3-5-13(10)16/h2-7,9H,8,17H2,1H3. The highest BCUT2D eigenvalue weighted by molar-refractivity contribution is 9.10. The zero-order chi connectivity index (χ0) is 13.8. The minimum Gasteiger partial charge on any atom is -0.497 e. The van der Waals surface area contributed by atoms with Gasteiger partial charge in [-0.25, -0.2) is 0 Å². The lowest BCUT2D eigenvalue weighted by atomic mass is 10.0. The maximum Gasteiger partial charge on any atom is 0.169 e. The predicted octanol–water partition coefficient (Wildman–Crippen LogP) is 3.47. The maximum atomic E-state index is 12.3. The van der Waals surface area contributed by atoms with Crippen LogP contribution in [-0.4, -0.2) is 12.9 Å². The van der Waals surface area contributed by atoms with E-state index in [1.807, 2.05) is 24.3 Å². The van der Waals surface area contributed by atoms with Crippen molar-refractivity contribution in [2.24, 2.45) is 0 Å². The van der Waals surface area contributed by atoms with Gasteiger partial charge in [-0.05, 0) is 29.8 Å². The first-order chi connectivity index (χ1) is 9.11. The Labute approximate surface area is 120 Å². The van der Waals surface area contributed by atoms with Crippen LogP contribution in [0.4, 0.5) is 5.69 Å². The number of anilines is 1. The highest BCUT2D eigenvalue weighted by Gasteiger charge is 2.13. The van der Waals surface area contributed by atoms with E-state index in [9.17, 15) is 4.79 Å². The van der Waals surface area contributed by atoms with Gasteiger partial charge >= 0.3 is 0 Å². The number of carbonyl (C=O) groups is 1. The Balaban J connectivity index is 2.28. The third-order valence-electron chi connectivity index (χ3n) is 2.87. The SMILES string of the molecule is COc1ccc(N)c(C(=O)Cc2ccccc2Br)c1. The van der Waals surface area contributed by atoms with Crippen LogP contribution >= 0.6 is 15.9 Å². The molecule has 98 valence electrons. The van der Waals surface area contributed by atoms with Crippen molar-refractivity contribution in [3.63, 3.8) is 0 Å². The maximum absolute atomic E-state index is 12.3. The van der Waals surface area contributed by atoms with Gasteiger partial charge in [-0.3, -0.25) is 4.79 Å². The second-order valence-corrected chi connectivity index (χ2v) is 5.00. The molecule has 2 aromatic carbocycles.